The predicted molar refractivity (Wildman–Crippen MR) is 275 cm³/mol. The highest BCUT2D eigenvalue weighted by atomic mass is 16.6. The molecule has 8 rings (SSSR count). The van der Waals surface area contributed by atoms with Crippen LogP contribution in [0.1, 0.15) is 54.2 Å². The highest BCUT2D eigenvalue weighted by Crippen LogP contribution is 2.43. The van der Waals surface area contributed by atoms with Crippen LogP contribution in [0.25, 0.3) is 22.3 Å². The number of carbonyl (C=O) groups excluding carboxylic acids is 3. The van der Waals surface area contributed by atoms with E-state index in [0.717, 1.165) is 44.5 Å². The molecule has 12 nitrogen and oxygen atoms in total. The minimum Gasteiger partial charge on any atom is -0.496 e. The molecule has 70 heavy (non-hydrogen) atoms. The zero-order chi connectivity index (χ0) is 49.6. The molecule has 0 N–H and O–H groups in total. The Balaban J connectivity index is 1.20. The molecule has 12 heteroatoms. The summed E-state index contributed by atoms with van der Waals surface area (Å²) in [5.41, 5.74) is 9.18. The Morgan fingerprint density at radius 1 is 0.657 bits per heavy atom. The molecule has 3 amide bonds. The topological polar surface area (TPSA) is 119 Å². The molecule has 1 atom stereocenters. The van der Waals surface area contributed by atoms with Crippen LogP contribution in [0.2, 0.25) is 0 Å². The third-order valence-electron chi connectivity index (χ3n) is 12.0. The molecule has 2 heterocycles. The lowest BCUT2D eigenvalue weighted by molar-refractivity contribution is -0.140. The van der Waals surface area contributed by atoms with Crippen LogP contribution >= 0.6 is 0 Å². The van der Waals surface area contributed by atoms with Gasteiger partial charge in [0.1, 0.15) is 43.8 Å². The van der Waals surface area contributed by atoms with Gasteiger partial charge in [0.2, 0.25) is 5.91 Å². The van der Waals surface area contributed by atoms with E-state index in [2.05, 4.69) is 23.7 Å². The van der Waals surface area contributed by atoms with Gasteiger partial charge in [0.15, 0.2) is 12.2 Å². The van der Waals surface area contributed by atoms with Crippen molar-refractivity contribution in [1.29, 1.82) is 0 Å². The first-order valence-electron chi connectivity index (χ1n) is 22.7. The summed E-state index contributed by atoms with van der Waals surface area (Å²) in [5, 5.41) is 1.34. The molecule has 2 aliphatic heterocycles. The number of ether oxygens (including phenoxy) is 4. The Bertz CT molecular complexity index is 3170. The molecule has 0 radical (unpaired) electrons. The summed E-state index contributed by atoms with van der Waals surface area (Å²) in [6, 6.07) is 42.6. The number of fused-ring (bicyclic) bond motifs is 2. The zero-order valence-electron chi connectivity index (χ0n) is 40.6. The van der Waals surface area contributed by atoms with Crippen LogP contribution in [0.3, 0.4) is 0 Å². The lowest BCUT2D eigenvalue weighted by Crippen LogP contribution is -2.66. The molecule has 0 aliphatic carbocycles. The number of benzodiazepines with no additional fused rings is 2. The van der Waals surface area contributed by atoms with Gasteiger partial charge in [0.25, 0.3) is 0 Å². The minimum absolute atomic E-state index is 0.0354. The van der Waals surface area contributed by atoms with Gasteiger partial charge < -0.3 is 23.8 Å². The number of benzene rings is 6. The molecule has 0 bridgehead atoms. The third kappa shape index (κ3) is 9.97. The number of likely N-dealkylation sites (N-methyl/N-ethyl adjacent to an activating group) is 2. The first kappa shape index (κ1) is 48.2. The van der Waals surface area contributed by atoms with Crippen molar-refractivity contribution < 1.29 is 33.3 Å². The van der Waals surface area contributed by atoms with Gasteiger partial charge in [-0.25, -0.2) is 9.59 Å². The second-order valence-corrected chi connectivity index (χ2v) is 17.7. The average molecular weight is 933 g/mol. The first-order chi connectivity index (χ1) is 33.7. The van der Waals surface area contributed by atoms with E-state index in [1.165, 1.54) is 5.01 Å². The molecule has 0 spiro atoms. The first-order valence-corrected chi connectivity index (χ1v) is 22.7. The van der Waals surface area contributed by atoms with Crippen LogP contribution < -0.4 is 19.0 Å². The lowest BCUT2D eigenvalue weighted by atomic mass is 9.94. The summed E-state index contributed by atoms with van der Waals surface area (Å²) < 4.78 is 22.4. The van der Waals surface area contributed by atoms with E-state index in [9.17, 15) is 14.4 Å². The number of amides is 3. The fourth-order valence-corrected chi connectivity index (χ4v) is 8.48. The van der Waals surface area contributed by atoms with Crippen molar-refractivity contribution in [1.82, 2.24) is 9.60 Å². The van der Waals surface area contributed by atoms with Crippen LogP contribution in [-0.2, 0) is 19.1 Å². The highest BCUT2D eigenvalue weighted by molar-refractivity contribution is 6.21. The monoisotopic (exact) mass is 932 g/mol. The molecule has 6 aromatic carbocycles. The minimum atomic E-state index is -0.915. The SMILES string of the molecule is COCC#Cc1cccc(C2=NCC(=O)[N+](C)(N(CC#Cc3ccc(C4=NCC(=O)N(C)c5cc(OC)c(-c6ccccc6)cc54)cc3)C(=O)OC(C)(C)C)c3cc(OC)c(-c4ccccc4)cc32)c1. The largest absolute Gasteiger partial charge is 0.496 e. The Kier molecular flexibility index (Phi) is 14.1. The van der Waals surface area contributed by atoms with Crippen LogP contribution in [0.15, 0.2) is 143 Å². The maximum Gasteiger partial charge on any atom is 0.456 e. The van der Waals surface area contributed by atoms with E-state index in [0.29, 0.717) is 45.4 Å². The van der Waals surface area contributed by atoms with Gasteiger partial charge in [-0.15, -0.1) is 9.60 Å². The normalized spacial score (nSPS) is 15.3. The van der Waals surface area contributed by atoms with Crippen LogP contribution in [0.5, 0.6) is 11.5 Å². The summed E-state index contributed by atoms with van der Waals surface area (Å²) in [7, 11) is 8.20. The molecule has 1 unspecified atom stereocenters. The quantitative estimate of drug-likeness (QED) is 0.105. The zero-order valence-corrected chi connectivity index (χ0v) is 40.6. The van der Waals surface area contributed by atoms with Gasteiger partial charge in [-0.3, -0.25) is 14.8 Å². The maximum atomic E-state index is 14.9. The highest BCUT2D eigenvalue weighted by Gasteiger charge is 2.49. The second kappa shape index (κ2) is 20.5. The van der Waals surface area contributed by atoms with Crippen molar-refractivity contribution in [2.75, 3.05) is 66.6 Å². The van der Waals surface area contributed by atoms with Gasteiger partial charge >= 0.3 is 12.0 Å². The number of hydrogen-bond donors (Lipinski definition) is 0. The number of aliphatic imine (C=N–C) groups is 2. The van der Waals surface area contributed by atoms with Crippen molar-refractivity contribution >= 4 is 40.7 Å². The standard InChI is InChI=1S/C58H54N5O7/c1-58(2,3)70-57(66)62(30-16-19-39-26-28-43(29-27-39)55-47-33-45(41-21-11-9-12-22-41)51(68-7)35-49(47)61(4)53(64)37-59-55)63(5)50-36-52(69-8)46(42-23-13-10-14-24-42)34-48(50)56(60-38-54(63)65)44-25-15-18-40(32-44)20-17-31-67-6/h9-15,18,21-29,32-36H,30-31,37-38H2,1-8H3/q+1. The lowest BCUT2D eigenvalue weighted by Gasteiger charge is -2.39. The number of nitrogens with zero attached hydrogens (tertiary/aromatic N) is 5. The van der Waals surface area contributed by atoms with E-state index in [4.69, 9.17) is 28.9 Å². The Labute approximate surface area is 409 Å². The van der Waals surface area contributed by atoms with Crippen molar-refractivity contribution in [3.05, 3.63) is 167 Å². The molecule has 352 valence electrons. The predicted octanol–water partition coefficient (Wildman–Crippen LogP) is 9.37. The summed E-state index contributed by atoms with van der Waals surface area (Å²) in [6.07, 6.45) is -0.750. The molecular formula is C58H54N5O7+. The molecule has 0 fully saturated rings. The van der Waals surface area contributed by atoms with E-state index >= 15 is 0 Å². The van der Waals surface area contributed by atoms with Gasteiger partial charge in [-0.05, 0) is 68.3 Å². The Hall–Kier alpha value is -8.29. The number of hydrogen-bond acceptors (Lipinski definition) is 9. The third-order valence-corrected chi connectivity index (χ3v) is 12.0. The van der Waals surface area contributed by atoms with Gasteiger partial charge in [-0.2, -0.15) is 0 Å². The van der Waals surface area contributed by atoms with E-state index in [1.807, 2.05) is 127 Å². The maximum absolute atomic E-state index is 14.9. The average Bonchev–Trinajstić information content (AvgIpc) is 3.56. The number of anilines is 1. The Morgan fingerprint density at radius 3 is 1.87 bits per heavy atom. The molecule has 6 aromatic rings. The fraction of sp³-hybridized carbons (Fsp3) is 0.224. The summed E-state index contributed by atoms with van der Waals surface area (Å²) >= 11 is 0. The molecular weight excluding hydrogens is 879 g/mol. The summed E-state index contributed by atoms with van der Waals surface area (Å²) in [5.74, 6) is 13.2. The summed E-state index contributed by atoms with van der Waals surface area (Å²) in [6.45, 7) is 5.08. The summed E-state index contributed by atoms with van der Waals surface area (Å²) in [4.78, 5) is 54.2. The van der Waals surface area contributed by atoms with Crippen molar-refractivity contribution in [2.24, 2.45) is 9.98 Å². The Morgan fingerprint density at radius 2 is 1.24 bits per heavy atom. The molecule has 0 saturated carbocycles. The smallest absolute Gasteiger partial charge is 0.456 e. The van der Waals surface area contributed by atoms with Crippen LogP contribution in [0, 0.1) is 23.7 Å². The molecule has 0 saturated heterocycles. The van der Waals surface area contributed by atoms with E-state index in [-0.39, 0.29) is 32.1 Å². The second-order valence-electron chi connectivity index (χ2n) is 17.7. The van der Waals surface area contributed by atoms with Gasteiger partial charge in [-0.1, -0.05) is 109 Å². The van der Waals surface area contributed by atoms with Gasteiger partial charge in [0, 0.05) is 65.2 Å². The number of methoxy groups -OCH3 is 3. The van der Waals surface area contributed by atoms with Crippen LogP contribution in [-0.4, -0.2) is 102 Å². The number of carbonyl (C=O) groups is 3. The van der Waals surface area contributed by atoms with Crippen molar-refractivity contribution in [3.8, 4) is 57.4 Å². The van der Waals surface area contributed by atoms with Gasteiger partial charge in [0.05, 0.1) is 36.9 Å². The number of quaternary nitrogens is 1. The van der Waals surface area contributed by atoms with Crippen LogP contribution in [0.4, 0.5) is 16.2 Å². The number of rotatable bonds is 9. The van der Waals surface area contributed by atoms with E-state index < -0.39 is 22.2 Å². The molecule has 0 aromatic heterocycles. The van der Waals surface area contributed by atoms with E-state index in [1.54, 1.807) is 67.2 Å². The van der Waals surface area contributed by atoms with Crippen molar-refractivity contribution in [2.45, 2.75) is 26.4 Å². The fourth-order valence-electron chi connectivity index (χ4n) is 8.48. The van der Waals surface area contributed by atoms with Crippen molar-refractivity contribution in [3.63, 3.8) is 0 Å². The molecule has 2 aliphatic rings.